The van der Waals surface area contributed by atoms with Crippen molar-refractivity contribution < 1.29 is 0 Å². The van der Waals surface area contributed by atoms with Gasteiger partial charge in [-0.2, -0.15) is 0 Å². The van der Waals surface area contributed by atoms with E-state index in [0.717, 1.165) is 23.8 Å². The molecule has 1 saturated heterocycles. The molecule has 2 atom stereocenters. The SMILES string of the molecule is CC(C)C1CCCN[C@@H]1C1CCC1. The van der Waals surface area contributed by atoms with Crippen LogP contribution in [-0.4, -0.2) is 12.6 Å². The fourth-order valence-electron chi connectivity index (χ4n) is 3.00. The van der Waals surface area contributed by atoms with Crippen LogP contribution < -0.4 is 5.32 Å². The Labute approximate surface area is 82.3 Å². The lowest BCUT2D eigenvalue weighted by atomic mass is 9.69. The minimum atomic E-state index is 0.863. The lowest BCUT2D eigenvalue weighted by Crippen LogP contribution is -2.49. The van der Waals surface area contributed by atoms with Crippen molar-refractivity contribution in [2.75, 3.05) is 6.54 Å². The van der Waals surface area contributed by atoms with E-state index in [-0.39, 0.29) is 0 Å². The van der Waals surface area contributed by atoms with Gasteiger partial charge in [0.15, 0.2) is 0 Å². The molecular formula is C12H23N. The summed E-state index contributed by atoms with van der Waals surface area (Å²) in [5, 5.41) is 3.75. The first-order valence-corrected chi connectivity index (χ1v) is 6.02. The zero-order chi connectivity index (χ0) is 9.26. The first-order chi connectivity index (χ1) is 6.29. The van der Waals surface area contributed by atoms with Gasteiger partial charge < -0.3 is 5.32 Å². The van der Waals surface area contributed by atoms with Crippen LogP contribution in [0.1, 0.15) is 46.0 Å². The van der Waals surface area contributed by atoms with Crippen molar-refractivity contribution in [3.63, 3.8) is 0 Å². The Morgan fingerprint density at radius 2 is 1.85 bits per heavy atom. The average Bonchev–Trinajstić information content (AvgIpc) is 2.02. The summed E-state index contributed by atoms with van der Waals surface area (Å²) in [6.45, 7) is 6.05. The molecule has 1 heteroatoms. The molecule has 0 aromatic carbocycles. The van der Waals surface area contributed by atoms with Crippen LogP contribution in [-0.2, 0) is 0 Å². The van der Waals surface area contributed by atoms with E-state index < -0.39 is 0 Å². The van der Waals surface area contributed by atoms with Crippen molar-refractivity contribution in [3.05, 3.63) is 0 Å². The quantitative estimate of drug-likeness (QED) is 0.690. The summed E-state index contributed by atoms with van der Waals surface area (Å²) < 4.78 is 0. The van der Waals surface area contributed by atoms with E-state index in [4.69, 9.17) is 0 Å². The monoisotopic (exact) mass is 181 g/mol. The number of hydrogen-bond acceptors (Lipinski definition) is 1. The average molecular weight is 181 g/mol. The van der Waals surface area contributed by atoms with Gasteiger partial charge in [-0.05, 0) is 50.0 Å². The first kappa shape index (κ1) is 9.51. The molecule has 1 saturated carbocycles. The summed E-state index contributed by atoms with van der Waals surface area (Å²) in [5.41, 5.74) is 0. The third-order valence-corrected chi connectivity index (χ3v) is 4.07. The van der Waals surface area contributed by atoms with E-state index in [1.165, 1.54) is 38.6 Å². The van der Waals surface area contributed by atoms with Gasteiger partial charge in [0, 0.05) is 6.04 Å². The van der Waals surface area contributed by atoms with Crippen LogP contribution in [0.2, 0.25) is 0 Å². The summed E-state index contributed by atoms with van der Waals surface area (Å²) in [4.78, 5) is 0. The van der Waals surface area contributed by atoms with Gasteiger partial charge >= 0.3 is 0 Å². The molecule has 0 spiro atoms. The van der Waals surface area contributed by atoms with Gasteiger partial charge in [0.1, 0.15) is 0 Å². The van der Waals surface area contributed by atoms with E-state index in [9.17, 15) is 0 Å². The molecule has 2 fully saturated rings. The molecule has 2 rings (SSSR count). The molecule has 0 aromatic heterocycles. The van der Waals surface area contributed by atoms with Crippen LogP contribution >= 0.6 is 0 Å². The Balaban J connectivity index is 1.95. The second-order valence-corrected chi connectivity index (χ2v) is 5.22. The van der Waals surface area contributed by atoms with Crippen molar-refractivity contribution in [3.8, 4) is 0 Å². The maximum atomic E-state index is 3.75. The van der Waals surface area contributed by atoms with Crippen LogP contribution in [0.4, 0.5) is 0 Å². The maximum absolute atomic E-state index is 3.75. The molecule has 76 valence electrons. The van der Waals surface area contributed by atoms with Crippen LogP contribution in [0.5, 0.6) is 0 Å². The van der Waals surface area contributed by atoms with Gasteiger partial charge in [-0.1, -0.05) is 20.3 Å². The molecule has 1 aliphatic heterocycles. The van der Waals surface area contributed by atoms with E-state index in [1.54, 1.807) is 0 Å². The Kier molecular flexibility index (Phi) is 2.92. The van der Waals surface area contributed by atoms with Gasteiger partial charge in [-0.15, -0.1) is 0 Å². The van der Waals surface area contributed by atoms with Gasteiger partial charge in [0.05, 0.1) is 0 Å². The largest absolute Gasteiger partial charge is 0.313 e. The highest BCUT2D eigenvalue weighted by Gasteiger charge is 2.35. The van der Waals surface area contributed by atoms with Gasteiger partial charge in [-0.25, -0.2) is 0 Å². The number of hydrogen-bond donors (Lipinski definition) is 1. The van der Waals surface area contributed by atoms with Crippen molar-refractivity contribution >= 4 is 0 Å². The molecular weight excluding hydrogens is 158 g/mol. The van der Waals surface area contributed by atoms with Crippen LogP contribution in [0.3, 0.4) is 0 Å². The Morgan fingerprint density at radius 1 is 1.08 bits per heavy atom. The van der Waals surface area contributed by atoms with Gasteiger partial charge in [-0.3, -0.25) is 0 Å². The first-order valence-electron chi connectivity index (χ1n) is 6.02. The highest BCUT2D eigenvalue weighted by atomic mass is 14.9. The van der Waals surface area contributed by atoms with Crippen LogP contribution in [0.25, 0.3) is 0 Å². The molecule has 0 radical (unpaired) electrons. The predicted molar refractivity (Wildman–Crippen MR) is 56.7 cm³/mol. The standard InChI is InChI=1S/C12H23N/c1-9(2)11-7-4-8-13-12(11)10-5-3-6-10/h9-13H,3-8H2,1-2H3/t11?,12-/m1/s1. The third-order valence-electron chi connectivity index (χ3n) is 4.07. The van der Waals surface area contributed by atoms with E-state index in [2.05, 4.69) is 19.2 Å². The Morgan fingerprint density at radius 3 is 2.38 bits per heavy atom. The van der Waals surface area contributed by atoms with Crippen LogP contribution in [0, 0.1) is 17.8 Å². The van der Waals surface area contributed by atoms with E-state index >= 15 is 0 Å². The maximum Gasteiger partial charge on any atom is 0.0126 e. The Hall–Kier alpha value is -0.0400. The zero-order valence-electron chi connectivity index (χ0n) is 9.05. The smallest absolute Gasteiger partial charge is 0.0126 e. The summed E-state index contributed by atoms with van der Waals surface area (Å²) in [6, 6.07) is 0.863. The number of piperidine rings is 1. The number of rotatable bonds is 2. The highest BCUT2D eigenvalue weighted by molar-refractivity contribution is 4.91. The lowest BCUT2D eigenvalue weighted by Gasteiger charge is -2.43. The molecule has 1 nitrogen and oxygen atoms in total. The predicted octanol–water partition coefficient (Wildman–Crippen LogP) is 2.81. The number of nitrogens with one attached hydrogen (secondary N) is 1. The molecule has 1 N–H and O–H groups in total. The molecule has 2 aliphatic rings. The summed E-state index contributed by atoms with van der Waals surface area (Å²) in [7, 11) is 0. The van der Waals surface area contributed by atoms with E-state index in [0.29, 0.717) is 0 Å². The van der Waals surface area contributed by atoms with E-state index in [1.807, 2.05) is 0 Å². The normalized spacial score (nSPS) is 36.2. The minimum Gasteiger partial charge on any atom is -0.313 e. The van der Waals surface area contributed by atoms with Gasteiger partial charge in [0.25, 0.3) is 0 Å². The van der Waals surface area contributed by atoms with Crippen molar-refractivity contribution in [1.29, 1.82) is 0 Å². The van der Waals surface area contributed by atoms with Crippen molar-refractivity contribution in [1.82, 2.24) is 5.32 Å². The summed E-state index contributed by atoms with van der Waals surface area (Å²) in [5.74, 6) is 2.85. The Bertz CT molecular complexity index is 161. The second-order valence-electron chi connectivity index (χ2n) is 5.22. The molecule has 1 unspecified atom stereocenters. The molecule has 13 heavy (non-hydrogen) atoms. The molecule has 0 amide bonds. The van der Waals surface area contributed by atoms with Crippen molar-refractivity contribution in [2.24, 2.45) is 17.8 Å². The fourth-order valence-corrected chi connectivity index (χ4v) is 3.00. The third kappa shape index (κ3) is 1.90. The highest BCUT2D eigenvalue weighted by Crippen LogP contribution is 2.37. The van der Waals surface area contributed by atoms with Crippen LogP contribution in [0.15, 0.2) is 0 Å². The summed E-state index contributed by atoms with van der Waals surface area (Å²) in [6.07, 6.45) is 7.31. The molecule has 0 bridgehead atoms. The van der Waals surface area contributed by atoms with Crippen molar-refractivity contribution in [2.45, 2.75) is 52.0 Å². The topological polar surface area (TPSA) is 12.0 Å². The second kappa shape index (κ2) is 4.00. The lowest BCUT2D eigenvalue weighted by molar-refractivity contribution is 0.115. The summed E-state index contributed by atoms with van der Waals surface area (Å²) >= 11 is 0. The molecule has 1 aliphatic carbocycles. The zero-order valence-corrected chi connectivity index (χ0v) is 9.05. The molecule has 0 aromatic rings. The minimum absolute atomic E-state index is 0.863. The molecule has 1 heterocycles. The van der Waals surface area contributed by atoms with Gasteiger partial charge in [0.2, 0.25) is 0 Å². The fraction of sp³-hybridized carbons (Fsp3) is 1.00.